The molecule has 4 N–H and O–H groups in total. The summed E-state index contributed by atoms with van der Waals surface area (Å²) in [5.41, 5.74) is 10.8. The topological polar surface area (TPSA) is 89.4 Å². The molecule has 106 valence electrons. The third kappa shape index (κ3) is 6.59. The number of hydrogen-bond acceptors (Lipinski definition) is 3. The fourth-order valence-corrected chi connectivity index (χ4v) is 1.84. The first kappa shape index (κ1) is 16.9. The van der Waals surface area contributed by atoms with Gasteiger partial charge in [0.2, 0.25) is 11.8 Å². The molecule has 0 aliphatic heterocycles. The van der Waals surface area contributed by atoms with E-state index < -0.39 is 5.91 Å². The van der Waals surface area contributed by atoms with Crippen molar-refractivity contribution in [3.05, 3.63) is 0 Å². The van der Waals surface area contributed by atoms with E-state index in [2.05, 4.69) is 0 Å². The first-order chi connectivity index (χ1) is 8.25. The van der Waals surface area contributed by atoms with Gasteiger partial charge < -0.3 is 16.4 Å². The Morgan fingerprint density at radius 3 is 2.06 bits per heavy atom. The second-order valence-electron chi connectivity index (χ2n) is 5.34. The van der Waals surface area contributed by atoms with Crippen LogP contribution in [0, 0.1) is 5.92 Å². The van der Waals surface area contributed by atoms with Gasteiger partial charge in [0.25, 0.3) is 0 Å². The highest BCUT2D eigenvalue weighted by Gasteiger charge is 2.23. The maximum Gasteiger partial charge on any atom is 0.237 e. The minimum absolute atomic E-state index is 0.00582. The van der Waals surface area contributed by atoms with Crippen LogP contribution in [-0.4, -0.2) is 35.3 Å². The van der Waals surface area contributed by atoms with E-state index in [0.29, 0.717) is 0 Å². The van der Waals surface area contributed by atoms with Gasteiger partial charge in [-0.1, -0.05) is 13.3 Å². The molecule has 2 amide bonds. The van der Waals surface area contributed by atoms with E-state index in [-0.39, 0.29) is 30.5 Å². The number of rotatable bonds is 8. The maximum atomic E-state index is 12.2. The molecule has 0 saturated heterocycles. The molecule has 5 heteroatoms. The Morgan fingerprint density at radius 2 is 1.67 bits per heavy atom. The van der Waals surface area contributed by atoms with Gasteiger partial charge in [-0.15, -0.1) is 0 Å². The lowest BCUT2D eigenvalue weighted by molar-refractivity contribution is -0.140. The first-order valence-electron chi connectivity index (χ1n) is 6.60. The van der Waals surface area contributed by atoms with Gasteiger partial charge in [0.1, 0.15) is 0 Å². The predicted octanol–water partition coefficient (Wildman–Crippen LogP) is 0.862. The lowest BCUT2D eigenvalue weighted by Crippen LogP contribution is -2.45. The van der Waals surface area contributed by atoms with E-state index in [1.807, 2.05) is 27.7 Å². The summed E-state index contributed by atoms with van der Waals surface area (Å²) in [7, 11) is 0. The fourth-order valence-electron chi connectivity index (χ4n) is 1.84. The summed E-state index contributed by atoms with van der Waals surface area (Å²) < 4.78 is 0. The van der Waals surface area contributed by atoms with E-state index in [9.17, 15) is 9.59 Å². The van der Waals surface area contributed by atoms with Gasteiger partial charge >= 0.3 is 0 Å². The molecule has 2 unspecified atom stereocenters. The van der Waals surface area contributed by atoms with Crippen LogP contribution in [0.5, 0.6) is 0 Å². The first-order valence-corrected chi connectivity index (χ1v) is 6.60. The number of carbonyl (C=O) groups is 2. The number of primary amides is 1. The lowest BCUT2D eigenvalue weighted by atomic mass is 10.00. The molecule has 0 radical (unpaired) electrons. The molecule has 18 heavy (non-hydrogen) atoms. The second-order valence-corrected chi connectivity index (χ2v) is 5.34. The molecule has 0 aromatic heterocycles. The van der Waals surface area contributed by atoms with Crippen molar-refractivity contribution >= 4 is 11.8 Å². The molecule has 0 aromatic rings. The molecule has 0 aliphatic rings. The number of carbonyl (C=O) groups excluding carboxylic acids is 2. The van der Waals surface area contributed by atoms with Gasteiger partial charge in [0.05, 0.1) is 6.54 Å². The van der Waals surface area contributed by atoms with Gasteiger partial charge in [-0.2, -0.15) is 0 Å². The van der Waals surface area contributed by atoms with Crippen LogP contribution in [0.2, 0.25) is 0 Å². The summed E-state index contributed by atoms with van der Waals surface area (Å²) >= 11 is 0. The number of hydrogen-bond donors (Lipinski definition) is 2. The minimum Gasteiger partial charge on any atom is -0.368 e. The van der Waals surface area contributed by atoms with Crippen molar-refractivity contribution in [3.63, 3.8) is 0 Å². The van der Waals surface area contributed by atoms with Gasteiger partial charge in [0.15, 0.2) is 0 Å². The maximum absolute atomic E-state index is 12.2. The van der Waals surface area contributed by atoms with Crippen LogP contribution in [0.15, 0.2) is 0 Å². The summed E-state index contributed by atoms with van der Waals surface area (Å²) in [5.74, 6) is -0.571. The van der Waals surface area contributed by atoms with Crippen LogP contribution in [0.4, 0.5) is 0 Å². The molecule has 0 aliphatic carbocycles. The van der Waals surface area contributed by atoms with Crippen LogP contribution in [0.3, 0.4) is 0 Å². The molecule has 0 saturated carbocycles. The highest BCUT2D eigenvalue weighted by molar-refractivity contribution is 5.85. The van der Waals surface area contributed by atoms with E-state index >= 15 is 0 Å². The van der Waals surface area contributed by atoms with Crippen LogP contribution in [0.25, 0.3) is 0 Å². The summed E-state index contributed by atoms with van der Waals surface area (Å²) in [6.45, 7) is 7.61. The fraction of sp³-hybridized carbons (Fsp3) is 0.846. The standard InChI is InChI=1S/C13H27N3O2/c1-9(2)16(8-12(15)17)13(18)10(3)6-5-7-11(4)14/h9-11H,5-8,14H2,1-4H3,(H2,15,17). The Balaban J connectivity index is 4.33. The third-order valence-electron chi connectivity index (χ3n) is 2.95. The minimum atomic E-state index is -0.472. The number of amides is 2. The summed E-state index contributed by atoms with van der Waals surface area (Å²) in [4.78, 5) is 24.7. The molecule has 0 fully saturated rings. The quantitative estimate of drug-likeness (QED) is 0.676. The van der Waals surface area contributed by atoms with Crippen LogP contribution in [-0.2, 0) is 9.59 Å². The zero-order valence-corrected chi connectivity index (χ0v) is 12.0. The van der Waals surface area contributed by atoms with Crippen molar-refractivity contribution < 1.29 is 9.59 Å². The number of nitrogens with two attached hydrogens (primary N) is 2. The van der Waals surface area contributed by atoms with Gasteiger partial charge in [0, 0.05) is 18.0 Å². The Hall–Kier alpha value is -1.10. The second kappa shape index (κ2) is 8.08. The molecule has 0 spiro atoms. The van der Waals surface area contributed by atoms with Crippen molar-refractivity contribution in [1.82, 2.24) is 4.90 Å². The highest BCUT2D eigenvalue weighted by Crippen LogP contribution is 2.14. The van der Waals surface area contributed by atoms with Crippen LogP contribution in [0.1, 0.15) is 47.0 Å². The van der Waals surface area contributed by atoms with Crippen molar-refractivity contribution in [2.45, 2.75) is 59.0 Å². The zero-order valence-electron chi connectivity index (χ0n) is 12.0. The molecule has 0 bridgehead atoms. The van der Waals surface area contributed by atoms with E-state index in [4.69, 9.17) is 11.5 Å². The molecule has 5 nitrogen and oxygen atoms in total. The van der Waals surface area contributed by atoms with E-state index in [0.717, 1.165) is 19.3 Å². The summed E-state index contributed by atoms with van der Waals surface area (Å²) in [5, 5.41) is 0. The average molecular weight is 257 g/mol. The normalized spacial score (nSPS) is 14.3. The molecule has 0 rings (SSSR count). The molecule has 0 aromatic carbocycles. The zero-order chi connectivity index (χ0) is 14.3. The molecular weight excluding hydrogens is 230 g/mol. The van der Waals surface area contributed by atoms with Crippen LogP contribution < -0.4 is 11.5 Å². The van der Waals surface area contributed by atoms with Crippen LogP contribution >= 0.6 is 0 Å². The van der Waals surface area contributed by atoms with Crippen molar-refractivity contribution in [2.24, 2.45) is 17.4 Å². The Bertz CT molecular complexity index is 277. The van der Waals surface area contributed by atoms with Gasteiger partial charge in [-0.05, 0) is 33.6 Å². The smallest absolute Gasteiger partial charge is 0.237 e. The van der Waals surface area contributed by atoms with Gasteiger partial charge in [-0.25, -0.2) is 0 Å². The average Bonchev–Trinajstić information content (AvgIpc) is 2.23. The SMILES string of the molecule is CC(N)CCCC(C)C(=O)N(CC(N)=O)C(C)C. The molecule has 2 atom stereocenters. The van der Waals surface area contributed by atoms with Crippen molar-refractivity contribution in [1.29, 1.82) is 0 Å². The van der Waals surface area contributed by atoms with Gasteiger partial charge in [-0.3, -0.25) is 9.59 Å². The summed E-state index contributed by atoms with van der Waals surface area (Å²) in [6, 6.07) is 0.153. The molecule has 0 heterocycles. The van der Waals surface area contributed by atoms with E-state index in [1.165, 1.54) is 0 Å². The predicted molar refractivity (Wildman–Crippen MR) is 72.7 cm³/mol. The van der Waals surface area contributed by atoms with Crippen molar-refractivity contribution in [2.75, 3.05) is 6.54 Å². The monoisotopic (exact) mass is 257 g/mol. The molecular formula is C13H27N3O2. The Kier molecular flexibility index (Phi) is 7.59. The number of nitrogens with zero attached hydrogens (tertiary/aromatic N) is 1. The largest absolute Gasteiger partial charge is 0.368 e. The van der Waals surface area contributed by atoms with Crippen molar-refractivity contribution in [3.8, 4) is 0 Å². The Morgan fingerprint density at radius 1 is 1.11 bits per heavy atom. The highest BCUT2D eigenvalue weighted by atomic mass is 16.2. The van der Waals surface area contributed by atoms with E-state index in [1.54, 1.807) is 4.90 Å². The lowest BCUT2D eigenvalue weighted by Gasteiger charge is -2.28. The summed E-state index contributed by atoms with van der Waals surface area (Å²) in [6.07, 6.45) is 2.63. The Labute approximate surface area is 110 Å². The third-order valence-corrected chi connectivity index (χ3v) is 2.95.